The molecular weight excluding hydrogens is 217 g/mol. The van der Waals surface area contributed by atoms with Crippen LogP contribution in [0.2, 0.25) is 0 Å². The van der Waals surface area contributed by atoms with Gasteiger partial charge in [0, 0.05) is 18.9 Å². The molecule has 3 nitrogen and oxygen atoms in total. The second-order valence-electron chi connectivity index (χ2n) is 3.16. The van der Waals surface area contributed by atoms with Gasteiger partial charge in [-0.05, 0) is 12.1 Å². The number of halogens is 1. The van der Waals surface area contributed by atoms with Gasteiger partial charge in [-0.25, -0.2) is 4.39 Å². The van der Waals surface area contributed by atoms with Crippen molar-refractivity contribution in [3.8, 4) is 0 Å². The highest BCUT2D eigenvalue weighted by molar-refractivity contribution is 7.85. The molecule has 15 heavy (non-hydrogen) atoms. The molecule has 2 unspecified atom stereocenters. The standard InChI is InChI=1S/C10H14FNO2S/c1-14-6-8(12)7-15(13)10-5-3-2-4-9(10)11/h2-5,8H,6-7,12H2,1H3. The normalized spacial score (nSPS) is 14.9. The maximum atomic E-state index is 13.2. The molecule has 0 bridgehead atoms. The van der Waals surface area contributed by atoms with E-state index in [9.17, 15) is 8.60 Å². The minimum atomic E-state index is -1.41. The van der Waals surface area contributed by atoms with Gasteiger partial charge in [0.25, 0.3) is 0 Å². The number of hydrogen-bond acceptors (Lipinski definition) is 3. The summed E-state index contributed by atoms with van der Waals surface area (Å²) in [6.07, 6.45) is 0. The van der Waals surface area contributed by atoms with E-state index in [1.54, 1.807) is 12.1 Å². The minimum absolute atomic E-state index is 0.198. The van der Waals surface area contributed by atoms with Gasteiger partial charge in [-0.3, -0.25) is 4.21 Å². The summed E-state index contributed by atoms with van der Waals surface area (Å²) >= 11 is 0. The molecule has 0 heterocycles. The van der Waals surface area contributed by atoms with E-state index >= 15 is 0 Å². The second-order valence-corrected chi connectivity index (χ2v) is 4.62. The van der Waals surface area contributed by atoms with E-state index in [0.717, 1.165) is 0 Å². The number of rotatable bonds is 5. The first-order valence-electron chi connectivity index (χ1n) is 4.52. The van der Waals surface area contributed by atoms with E-state index in [-0.39, 0.29) is 16.7 Å². The van der Waals surface area contributed by atoms with Gasteiger partial charge in [-0.15, -0.1) is 0 Å². The molecule has 1 aromatic rings. The van der Waals surface area contributed by atoms with Crippen molar-refractivity contribution in [2.45, 2.75) is 10.9 Å². The third-order valence-electron chi connectivity index (χ3n) is 1.83. The summed E-state index contributed by atoms with van der Waals surface area (Å²) in [6, 6.07) is 5.67. The van der Waals surface area contributed by atoms with E-state index in [0.29, 0.717) is 6.61 Å². The molecule has 5 heteroatoms. The smallest absolute Gasteiger partial charge is 0.139 e. The van der Waals surface area contributed by atoms with Crippen LogP contribution in [-0.4, -0.2) is 29.7 Å². The quantitative estimate of drug-likeness (QED) is 0.819. The van der Waals surface area contributed by atoms with Gasteiger partial charge in [-0.2, -0.15) is 0 Å². The highest BCUT2D eigenvalue weighted by Gasteiger charge is 2.13. The molecule has 0 fully saturated rings. The number of ether oxygens (including phenoxy) is 1. The monoisotopic (exact) mass is 231 g/mol. The Labute approximate surface area is 90.9 Å². The molecule has 2 atom stereocenters. The molecule has 0 aromatic heterocycles. The zero-order chi connectivity index (χ0) is 11.3. The topological polar surface area (TPSA) is 52.3 Å². The lowest BCUT2D eigenvalue weighted by Crippen LogP contribution is -2.31. The summed E-state index contributed by atoms with van der Waals surface area (Å²) < 4.78 is 29.7. The largest absolute Gasteiger partial charge is 0.383 e. The van der Waals surface area contributed by atoms with Crippen molar-refractivity contribution < 1.29 is 13.3 Å². The van der Waals surface area contributed by atoms with Gasteiger partial charge in [0.05, 0.1) is 22.3 Å². The van der Waals surface area contributed by atoms with Crippen LogP contribution >= 0.6 is 0 Å². The van der Waals surface area contributed by atoms with Crippen molar-refractivity contribution in [3.05, 3.63) is 30.1 Å². The van der Waals surface area contributed by atoms with Crippen molar-refractivity contribution in [1.82, 2.24) is 0 Å². The minimum Gasteiger partial charge on any atom is -0.383 e. The summed E-state index contributed by atoms with van der Waals surface area (Å²) in [4.78, 5) is 0.198. The summed E-state index contributed by atoms with van der Waals surface area (Å²) in [7, 11) is 0.113. The molecule has 0 aliphatic rings. The fourth-order valence-corrected chi connectivity index (χ4v) is 2.36. The van der Waals surface area contributed by atoms with E-state index in [1.165, 1.54) is 19.2 Å². The Morgan fingerprint density at radius 2 is 2.20 bits per heavy atom. The van der Waals surface area contributed by atoms with E-state index in [2.05, 4.69) is 0 Å². The van der Waals surface area contributed by atoms with Crippen LogP contribution in [0.15, 0.2) is 29.2 Å². The molecule has 2 N–H and O–H groups in total. The van der Waals surface area contributed by atoms with Gasteiger partial charge in [0.15, 0.2) is 0 Å². The Bertz CT molecular complexity index is 346. The fourth-order valence-electron chi connectivity index (χ4n) is 1.18. The first kappa shape index (κ1) is 12.3. The Morgan fingerprint density at radius 1 is 1.53 bits per heavy atom. The predicted octanol–water partition coefficient (Wildman–Crippen LogP) is 0.907. The molecule has 0 aliphatic heterocycles. The Balaban J connectivity index is 2.65. The van der Waals surface area contributed by atoms with E-state index in [1.807, 2.05) is 0 Å². The maximum absolute atomic E-state index is 13.2. The van der Waals surface area contributed by atoms with Crippen LogP contribution in [0.3, 0.4) is 0 Å². The highest BCUT2D eigenvalue weighted by Crippen LogP contribution is 2.12. The second kappa shape index (κ2) is 5.95. The molecule has 0 amide bonds. The van der Waals surface area contributed by atoms with Crippen LogP contribution in [0.1, 0.15) is 0 Å². The fraction of sp³-hybridized carbons (Fsp3) is 0.400. The molecule has 0 saturated heterocycles. The lowest BCUT2D eigenvalue weighted by Gasteiger charge is -2.10. The van der Waals surface area contributed by atoms with Crippen molar-refractivity contribution in [2.24, 2.45) is 5.73 Å². The highest BCUT2D eigenvalue weighted by atomic mass is 32.2. The number of methoxy groups -OCH3 is 1. The van der Waals surface area contributed by atoms with Gasteiger partial charge in [-0.1, -0.05) is 12.1 Å². The van der Waals surface area contributed by atoms with Gasteiger partial charge in [0.1, 0.15) is 5.82 Å². The number of hydrogen-bond donors (Lipinski definition) is 1. The first-order valence-corrected chi connectivity index (χ1v) is 5.84. The summed E-state index contributed by atoms with van der Waals surface area (Å²) in [6.45, 7) is 0.320. The summed E-state index contributed by atoms with van der Waals surface area (Å²) in [5.74, 6) is -0.255. The lowest BCUT2D eigenvalue weighted by atomic mass is 10.3. The van der Waals surface area contributed by atoms with Crippen LogP contribution in [-0.2, 0) is 15.5 Å². The van der Waals surface area contributed by atoms with Gasteiger partial charge < -0.3 is 10.5 Å². The van der Waals surface area contributed by atoms with Gasteiger partial charge >= 0.3 is 0 Å². The molecule has 0 radical (unpaired) electrons. The molecular formula is C10H14FNO2S. The zero-order valence-electron chi connectivity index (χ0n) is 8.48. The third-order valence-corrected chi connectivity index (χ3v) is 3.38. The molecule has 0 spiro atoms. The van der Waals surface area contributed by atoms with Crippen molar-refractivity contribution in [2.75, 3.05) is 19.5 Å². The lowest BCUT2D eigenvalue weighted by molar-refractivity contribution is 0.186. The van der Waals surface area contributed by atoms with Crippen molar-refractivity contribution in [1.29, 1.82) is 0 Å². The first-order chi connectivity index (χ1) is 7.15. The maximum Gasteiger partial charge on any atom is 0.139 e. The number of benzene rings is 1. The number of nitrogens with two attached hydrogens (primary N) is 1. The van der Waals surface area contributed by atoms with Crippen LogP contribution in [0, 0.1) is 5.82 Å². The van der Waals surface area contributed by atoms with Crippen LogP contribution < -0.4 is 5.73 Å². The predicted molar refractivity (Wildman–Crippen MR) is 57.5 cm³/mol. The van der Waals surface area contributed by atoms with Crippen molar-refractivity contribution >= 4 is 10.8 Å². The third kappa shape index (κ3) is 3.70. The van der Waals surface area contributed by atoms with Gasteiger partial charge in [0.2, 0.25) is 0 Å². The molecule has 0 saturated carbocycles. The Morgan fingerprint density at radius 3 is 2.80 bits per heavy atom. The van der Waals surface area contributed by atoms with E-state index in [4.69, 9.17) is 10.5 Å². The van der Waals surface area contributed by atoms with Crippen LogP contribution in [0.4, 0.5) is 4.39 Å². The van der Waals surface area contributed by atoms with Crippen LogP contribution in [0.25, 0.3) is 0 Å². The SMILES string of the molecule is COCC(N)CS(=O)c1ccccc1F. The zero-order valence-corrected chi connectivity index (χ0v) is 9.30. The Hall–Kier alpha value is -0.780. The van der Waals surface area contributed by atoms with Crippen LogP contribution in [0.5, 0.6) is 0 Å². The average Bonchev–Trinajstić information content (AvgIpc) is 2.18. The summed E-state index contributed by atoms with van der Waals surface area (Å²) in [5, 5.41) is 0. The average molecular weight is 231 g/mol. The molecule has 1 rings (SSSR count). The summed E-state index contributed by atoms with van der Waals surface area (Å²) in [5.41, 5.74) is 5.63. The van der Waals surface area contributed by atoms with E-state index < -0.39 is 16.6 Å². The molecule has 1 aromatic carbocycles. The Kier molecular flexibility index (Phi) is 4.87. The molecule has 0 aliphatic carbocycles. The van der Waals surface area contributed by atoms with Crippen molar-refractivity contribution in [3.63, 3.8) is 0 Å². The molecule has 84 valence electrons.